The molecule has 0 spiro atoms. The average molecular weight is 286 g/mol. The zero-order valence-electron chi connectivity index (χ0n) is 11.1. The van der Waals surface area contributed by atoms with Gasteiger partial charge in [0.2, 0.25) is 0 Å². The Kier molecular flexibility index (Phi) is 3.74. The predicted octanol–water partition coefficient (Wildman–Crippen LogP) is 4.39. The number of benzene rings is 2. The number of amidine groups is 1. The van der Waals surface area contributed by atoms with Crippen LogP contribution in [0.25, 0.3) is 0 Å². The number of aliphatic imine (C=N–C) groups is 1. The van der Waals surface area contributed by atoms with Gasteiger partial charge in [-0.15, -0.1) is 0 Å². The molecule has 20 heavy (non-hydrogen) atoms. The average Bonchev–Trinajstić information content (AvgIpc) is 2.92. The maximum atomic E-state index is 13.7. The van der Waals surface area contributed by atoms with Crippen LogP contribution in [0.1, 0.15) is 17.2 Å². The maximum absolute atomic E-state index is 13.7. The molecule has 0 saturated carbocycles. The number of nitrogens with one attached hydrogen (secondary N) is 1. The summed E-state index contributed by atoms with van der Waals surface area (Å²) in [5.41, 5.74) is 2.71. The van der Waals surface area contributed by atoms with Crippen LogP contribution >= 0.6 is 11.8 Å². The number of nitrogens with zero attached hydrogens (tertiary/aromatic N) is 1. The molecule has 0 amide bonds. The Morgan fingerprint density at radius 3 is 2.80 bits per heavy atom. The summed E-state index contributed by atoms with van der Waals surface area (Å²) in [4.78, 5) is 4.63. The van der Waals surface area contributed by atoms with Gasteiger partial charge in [0, 0.05) is 5.75 Å². The first kappa shape index (κ1) is 13.2. The lowest BCUT2D eigenvalue weighted by Crippen LogP contribution is -2.06. The Bertz CT molecular complexity index is 640. The first-order valence-electron chi connectivity index (χ1n) is 6.51. The lowest BCUT2D eigenvalue weighted by atomic mass is 10.1. The molecule has 0 aromatic heterocycles. The molecule has 1 aliphatic heterocycles. The van der Waals surface area contributed by atoms with Gasteiger partial charge in [0.25, 0.3) is 0 Å². The second kappa shape index (κ2) is 5.67. The van der Waals surface area contributed by atoms with Gasteiger partial charge in [-0.2, -0.15) is 0 Å². The van der Waals surface area contributed by atoms with Gasteiger partial charge in [-0.1, -0.05) is 48.2 Å². The lowest BCUT2D eigenvalue weighted by molar-refractivity contribution is 0.632. The first-order valence-corrected chi connectivity index (χ1v) is 7.49. The summed E-state index contributed by atoms with van der Waals surface area (Å²) in [6.07, 6.45) is 0. The zero-order chi connectivity index (χ0) is 13.9. The summed E-state index contributed by atoms with van der Waals surface area (Å²) >= 11 is 1.63. The Balaban J connectivity index is 1.77. The van der Waals surface area contributed by atoms with E-state index < -0.39 is 0 Å². The Labute approximate surface area is 122 Å². The van der Waals surface area contributed by atoms with Gasteiger partial charge in [0.05, 0.1) is 11.7 Å². The molecular formula is C16H15FN2S. The molecule has 0 aliphatic carbocycles. The van der Waals surface area contributed by atoms with Gasteiger partial charge < -0.3 is 5.32 Å². The fourth-order valence-electron chi connectivity index (χ4n) is 2.14. The van der Waals surface area contributed by atoms with E-state index in [1.165, 1.54) is 11.6 Å². The van der Waals surface area contributed by atoms with Crippen LogP contribution in [0.2, 0.25) is 0 Å². The van der Waals surface area contributed by atoms with Crippen LogP contribution in [0.3, 0.4) is 0 Å². The highest BCUT2D eigenvalue weighted by atomic mass is 32.2. The highest BCUT2D eigenvalue weighted by molar-refractivity contribution is 8.14. The third kappa shape index (κ3) is 2.85. The molecule has 1 N–H and O–H groups in total. The zero-order valence-corrected chi connectivity index (χ0v) is 12.0. The van der Waals surface area contributed by atoms with Gasteiger partial charge in [0.1, 0.15) is 5.82 Å². The highest BCUT2D eigenvalue weighted by Gasteiger charge is 2.20. The van der Waals surface area contributed by atoms with E-state index >= 15 is 0 Å². The SMILES string of the molecule is Cc1ccc(F)c(NC2=NC(c3ccccc3)CS2)c1. The second-order valence-corrected chi connectivity index (χ2v) is 5.79. The van der Waals surface area contributed by atoms with Crippen molar-refractivity contribution in [1.82, 2.24) is 0 Å². The molecule has 102 valence electrons. The van der Waals surface area contributed by atoms with Crippen molar-refractivity contribution in [3.05, 3.63) is 65.5 Å². The Morgan fingerprint density at radius 1 is 1.20 bits per heavy atom. The van der Waals surface area contributed by atoms with Crippen molar-refractivity contribution in [3.63, 3.8) is 0 Å². The molecule has 0 saturated heterocycles. The molecule has 1 aliphatic rings. The van der Waals surface area contributed by atoms with Crippen LogP contribution in [0.4, 0.5) is 10.1 Å². The van der Waals surface area contributed by atoms with Gasteiger partial charge >= 0.3 is 0 Å². The van der Waals surface area contributed by atoms with Crippen LogP contribution < -0.4 is 5.32 Å². The fraction of sp³-hybridized carbons (Fsp3) is 0.188. The van der Waals surface area contributed by atoms with Crippen molar-refractivity contribution in [2.45, 2.75) is 13.0 Å². The molecule has 1 heterocycles. The van der Waals surface area contributed by atoms with E-state index in [4.69, 9.17) is 0 Å². The fourth-order valence-corrected chi connectivity index (χ4v) is 3.10. The summed E-state index contributed by atoms with van der Waals surface area (Å²) < 4.78 is 13.7. The van der Waals surface area contributed by atoms with Gasteiger partial charge in [-0.3, -0.25) is 4.99 Å². The number of anilines is 1. The van der Waals surface area contributed by atoms with Crippen LogP contribution in [-0.4, -0.2) is 10.9 Å². The van der Waals surface area contributed by atoms with E-state index in [1.54, 1.807) is 23.9 Å². The molecule has 4 heteroatoms. The molecule has 2 aromatic rings. The minimum Gasteiger partial charge on any atom is -0.333 e. The van der Waals surface area contributed by atoms with Crippen LogP contribution in [-0.2, 0) is 0 Å². The summed E-state index contributed by atoms with van der Waals surface area (Å²) in [7, 11) is 0. The number of hydrogen-bond donors (Lipinski definition) is 1. The standard InChI is InChI=1S/C16H15FN2S/c1-11-7-8-13(17)14(9-11)18-16-19-15(10-20-16)12-5-3-2-4-6-12/h2-9,15H,10H2,1H3,(H,18,19). The van der Waals surface area contributed by atoms with Gasteiger partial charge in [0.15, 0.2) is 5.17 Å². The monoisotopic (exact) mass is 286 g/mol. The lowest BCUT2D eigenvalue weighted by Gasteiger charge is -2.07. The Morgan fingerprint density at radius 2 is 2.00 bits per heavy atom. The maximum Gasteiger partial charge on any atom is 0.161 e. The smallest absolute Gasteiger partial charge is 0.161 e. The molecule has 0 bridgehead atoms. The summed E-state index contributed by atoms with van der Waals surface area (Å²) in [5, 5.41) is 3.87. The van der Waals surface area contributed by atoms with Crippen molar-refractivity contribution in [1.29, 1.82) is 0 Å². The van der Waals surface area contributed by atoms with Gasteiger partial charge in [-0.25, -0.2) is 4.39 Å². The van der Waals surface area contributed by atoms with Crippen molar-refractivity contribution >= 4 is 22.6 Å². The van der Waals surface area contributed by atoms with Gasteiger partial charge in [-0.05, 0) is 30.2 Å². The number of hydrogen-bond acceptors (Lipinski definition) is 3. The van der Waals surface area contributed by atoms with Crippen molar-refractivity contribution in [2.75, 3.05) is 11.1 Å². The summed E-state index contributed by atoms with van der Waals surface area (Å²) in [6, 6.07) is 15.4. The van der Waals surface area contributed by atoms with E-state index in [2.05, 4.69) is 22.4 Å². The first-order chi connectivity index (χ1) is 9.72. The molecule has 1 unspecified atom stereocenters. The number of thioether (sulfide) groups is 1. The van der Waals surface area contributed by atoms with E-state index in [-0.39, 0.29) is 11.9 Å². The number of aryl methyl sites for hydroxylation is 1. The van der Waals surface area contributed by atoms with E-state index in [1.807, 2.05) is 25.1 Å². The molecule has 2 aromatic carbocycles. The minimum atomic E-state index is -0.248. The summed E-state index contributed by atoms with van der Waals surface area (Å²) in [5.74, 6) is 0.641. The molecule has 0 radical (unpaired) electrons. The largest absolute Gasteiger partial charge is 0.333 e. The molecule has 0 fully saturated rings. The highest BCUT2D eigenvalue weighted by Crippen LogP contribution is 2.31. The Hall–Kier alpha value is -1.81. The predicted molar refractivity (Wildman–Crippen MR) is 83.8 cm³/mol. The summed E-state index contributed by atoms with van der Waals surface area (Å²) in [6.45, 7) is 1.95. The third-order valence-electron chi connectivity index (χ3n) is 3.20. The minimum absolute atomic E-state index is 0.150. The van der Waals surface area contributed by atoms with Crippen molar-refractivity contribution in [3.8, 4) is 0 Å². The van der Waals surface area contributed by atoms with Crippen LogP contribution in [0, 0.1) is 12.7 Å². The number of rotatable bonds is 2. The third-order valence-corrected chi connectivity index (χ3v) is 4.16. The van der Waals surface area contributed by atoms with Crippen LogP contribution in [0.5, 0.6) is 0 Å². The van der Waals surface area contributed by atoms with E-state index in [0.717, 1.165) is 16.5 Å². The molecular weight excluding hydrogens is 271 g/mol. The topological polar surface area (TPSA) is 24.4 Å². The normalized spacial score (nSPS) is 17.9. The molecule has 1 atom stereocenters. The van der Waals surface area contributed by atoms with Crippen molar-refractivity contribution in [2.24, 2.45) is 4.99 Å². The molecule has 3 rings (SSSR count). The van der Waals surface area contributed by atoms with Crippen molar-refractivity contribution < 1.29 is 4.39 Å². The van der Waals surface area contributed by atoms with E-state index in [0.29, 0.717) is 5.69 Å². The number of halogens is 1. The van der Waals surface area contributed by atoms with E-state index in [9.17, 15) is 4.39 Å². The molecule has 2 nitrogen and oxygen atoms in total. The van der Waals surface area contributed by atoms with Crippen LogP contribution in [0.15, 0.2) is 53.5 Å². The quantitative estimate of drug-likeness (QED) is 0.885. The second-order valence-electron chi connectivity index (χ2n) is 4.78.